The van der Waals surface area contributed by atoms with E-state index in [-0.39, 0.29) is 10.4 Å². The van der Waals surface area contributed by atoms with Crippen LogP contribution in [-0.4, -0.2) is 4.92 Å². The van der Waals surface area contributed by atoms with Gasteiger partial charge in [0.2, 0.25) is 0 Å². The maximum absolute atomic E-state index is 10.3. The monoisotopic (exact) mass is 197 g/mol. The second-order valence-corrected chi connectivity index (χ2v) is 4.48. The zero-order chi connectivity index (χ0) is 10.1. The Morgan fingerprint density at radius 2 is 1.77 bits per heavy atom. The number of hydrogen-bond donors (Lipinski definition) is 1. The molecule has 0 aromatic heterocycles. The minimum atomic E-state index is -0.407. The summed E-state index contributed by atoms with van der Waals surface area (Å²) in [6, 6.07) is 6.44. The van der Waals surface area contributed by atoms with Crippen molar-refractivity contribution in [2.75, 3.05) is 0 Å². The molecule has 0 fully saturated rings. The number of nitro benzene ring substituents is 1. The average molecular weight is 197 g/mol. The summed E-state index contributed by atoms with van der Waals surface area (Å²) in [6.45, 7) is 3.88. The predicted octanol–water partition coefficient (Wildman–Crippen LogP) is 2.76. The van der Waals surface area contributed by atoms with Crippen molar-refractivity contribution in [3.8, 4) is 0 Å². The van der Waals surface area contributed by atoms with Crippen LogP contribution in [0, 0.1) is 10.1 Å². The van der Waals surface area contributed by atoms with Crippen LogP contribution in [0.2, 0.25) is 0 Å². The number of hydrogen-bond acceptors (Lipinski definition) is 3. The standard InChI is InChI=1S/C9H11NO2S/c1-9(2,13)7-3-5-8(6-4-7)10(11)12/h3-6,13H,1-2H3. The minimum absolute atomic E-state index is 0.112. The maximum atomic E-state index is 10.3. The van der Waals surface area contributed by atoms with Gasteiger partial charge < -0.3 is 0 Å². The Morgan fingerprint density at radius 1 is 1.31 bits per heavy atom. The fourth-order valence-electron chi connectivity index (χ4n) is 0.991. The van der Waals surface area contributed by atoms with E-state index in [1.54, 1.807) is 12.1 Å². The van der Waals surface area contributed by atoms with Gasteiger partial charge in [-0.1, -0.05) is 12.1 Å². The molecule has 0 aliphatic carbocycles. The van der Waals surface area contributed by atoms with E-state index in [9.17, 15) is 10.1 Å². The molecule has 70 valence electrons. The van der Waals surface area contributed by atoms with Crippen LogP contribution in [-0.2, 0) is 4.75 Å². The number of nitro groups is 1. The lowest BCUT2D eigenvalue weighted by Crippen LogP contribution is -2.07. The predicted molar refractivity (Wildman–Crippen MR) is 55.1 cm³/mol. The molecular weight excluding hydrogens is 186 g/mol. The minimum Gasteiger partial charge on any atom is -0.258 e. The molecule has 0 aliphatic heterocycles. The van der Waals surface area contributed by atoms with Gasteiger partial charge in [-0.3, -0.25) is 10.1 Å². The van der Waals surface area contributed by atoms with Gasteiger partial charge >= 0.3 is 0 Å². The molecule has 0 amide bonds. The summed E-state index contributed by atoms with van der Waals surface area (Å²) in [4.78, 5) is 9.94. The second kappa shape index (κ2) is 3.38. The van der Waals surface area contributed by atoms with E-state index in [4.69, 9.17) is 0 Å². The van der Waals surface area contributed by atoms with Crippen molar-refractivity contribution in [3.63, 3.8) is 0 Å². The van der Waals surface area contributed by atoms with Crippen LogP contribution in [0.15, 0.2) is 24.3 Å². The highest BCUT2D eigenvalue weighted by Crippen LogP contribution is 2.28. The first-order valence-electron chi connectivity index (χ1n) is 3.88. The molecule has 0 saturated carbocycles. The van der Waals surface area contributed by atoms with Crippen LogP contribution in [0.4, 0.5) is 5.69 Å². The molecule has 0 atom stereocenters. The van der Waals surface area contributed by atoms with Gasteiger partial charge in [0.05, 0.1) is 4.92 Å². The van der Waals surface area contributed by atoms with Gasteiger partial charge in [-0.25, -0.2) is 0 Å². The molecule has 13 heavy (non-hydrogen) atoms. The molecule has 1 aromatic rings. The smallest absolute Gasteiger partial charge is 0.258 e. The Labute approximate surface area is 82.3 Å². The molecule has 0 N–H and O–H groups in total. The fraction of sp³-hybridized carbons (Fsp3) is 0.333. The van der Waals surface area contributed by atoms with Crippen LogP contribution >= 0.6 is 12.6 Å². The van der Waals surface area contributed by atoms with Crippen LogP contribution in [0.25, 0.3) is 0 Å². The van der Waals surface area contributed by atoms with Crippen molar-refractivity contribution in [1.82, 2.24) is 0 Å². The number of non-ortho nitro benzene ring substituents is 1. The molecule has 0 unspecified atom stereocenters. The molecule has 0 aliphatic rings. The van der Waals surface area contributed by atoms with Gasteiger partial charge in [-0.15, -0.1) is 0 Å². The first-order chi connectivity index (χ1) is 5.91. The zero-order valence-electron chi connectivity index (χ0n) is 7.52. The number of rotatable bonds is 2. The Bertz CT molecular complexity index is 313. The van der Waals surface area contributed by atoms with Gasteiger partial charge in [-0.2, -0.15) is 12.6 Å². The van der Waals surface area contributed by atoms with Gasteiger partial charge in [0.15, 0.2) is 0 Å². The molecule has 0 saturated heterocycles. The third-order valence-electron chi connectivity index (χ3n) is 1.78. The third-order valence-corrected chi connectivity index (χ3v) is 2.04. The molecule has 1 aromatic carbocycles. The quantitative estimate of drug-likeness (QED) is 0.450. The second-order valence-electron chi connectivity index (χ2n) is 3.36. The summed E-state index contributed by atoms with van der Waals surface area (Å²) in [5, 5.41) is 10.3. The summed E-state index contributed by atoms with van der Waals surface area (Å²) in [7, 11) is 0. The van der Waals surface area contributed by atoms with Gasteiger partial charge in [0, 0.05) is 16.9 Å². The van der Waals surface area contributed by atoms with Crippen LogP contribution in [0.5, 0.6) is 0 Å². The Morgan fingerprint density at radius 3 is 2.08 bits per heavy atom. The molecule has 1 rings (SSSR count). The maximum Gasteiger partial charge on any atom is 0.269 e. The van der Waals surface area contributed by atoms with Gasteiger partial charge in [0.25, 0.3) is 5.69 Å². The molecular formula is C9H11NO2S. The summed E-state index contributed by atoms with van der Waals surface area (Å²) in [5.74, 6) is 0. The highest BCUT2D eigenvalue weighted by Gasteiger charge is 2.15. The van der Waals surface area contributed by atoms with E-state index in [1.165, 1.54) is 12.1 Å². The first kappa shape index (κ1) is 10.1. The summed E-state index contributed by atoms with van der Waals surface area (Å²) < 4.78 is -0.255. The summed E-state index contributed by atoms with van der Waals surface area (Å²) in [5.41, 5.74) is 1.09. The molecule has 0 bridgehead atoms. The summed E-state index contributed by atoms with van der Waals surface area (Å²) in [6.07, 6.45) is 0. The van der Waals surface area contributed by atoms with Crippen LogP contribution in [0.1, 0.15) is 19.4 Å². The van der Waals surface area contributed by atoms with E-state index in [2.05, 4.69) is 12.6 Å². The largest absolute Gasteiger partial charge is 0.269 e. The zero-order valence-corrected chi connectivity index (χ0v) is 8.41. The van der Waals surface area contributed by atoms with Crippen molar-refractivity contribution >= 4 is 18.3 Å². The highest BCUT2D eigenvalue weighted by molar-refractivity contribution is 7.81. The third kappa shape index (κ3) is 2.45. The Kier molecular flexibility index (Phi) is 2.61. The van der Waals surface area contributed by atoms with Crippen molar-refractivity contribution < 1.29 is 4.92 Å². The van der Waals surface area contributed by atoms with E-state index in [0.29, 0.717) is 0 Å². The van der Waals surface area contributed by atoms with E-state index >= 15 is 0 Å². The number of nitrogens with zero attached hydrogens (tertiary/aromatic N) is 1. The van der Waals surface area contributed by atoms with E-state index in [0.717, 1.165) is 5.56 Å². The average Bonchev–Trinajstić information content (AvgIpc) is 2.03. The SMILES string of the molecule is CC(C)(S)c1ccc([N+](=O)[O-])cc1. The molecule has 0 spiro atoms. The van der Waals surface area contributed by atoms with Crippen molar-refractivity contribution in [3.05, 3.63) is 39.9 Å². The topological polar surface area (TPSA) is 43.1 Å². The molecule has 0 heterocycles. The van der Waals surface area contributed by atoms with E-state index in [1.807, 2.05) is 13.8 Å². The Hall–Kier alpha value is -1.03. The van der Waals surface area contributed by atoms with Crippen LogP contribution in [0.3, 0.4) is 0 Å². The molecule has 4 heteroatoms. The lowest BCUT2D eigenvalue weighted by atomic mass is 10.0. The highest BCUT2D eigenvalue weighted by atomic mass is 32.1. The molecule has 3 nitrogen and oxygen atoms in total. The number of benzene rings is 1. The molecule has 0 radical (unpaired) electrons. The van der Waals surface area contributed by atoms with Crippen molar-refractivity contribution in [2.45, 2.75) is 18.6 Å². The lowest BCUT2D eigenvalue weighted by molar-refractivity contribution is -0.384. The lowest BCUT2D eigenvalue weighted by Gasteiger charge is -2.17. The normalized spacial score (nSPS) is 11.3. The number of thiol groups is 1. The van der Waals surface area contributed by atoms with Gasteiger partial charge in [-0.05, 0) is 19.4 Å². The van der Waals surface area contributed by atoms with Gasteiger partial charge in [0.1, 0.15) is 0 Å². The first-order valence-corrected chi connectivity index (χ1v) is 4.33. The van der Waals surface area contributed by atoms with E-state index < -0.39 is 4.92 Å². The van der Waals surface area contributed by atoms with Crippen LogP contribution < -0.4 is 0 Å². The van der Waals surface area contributed by atoms with Crippen molar-refractivity contribution in [2.24, 2.45) is 0 Å². The Balaban J connectivity index is 3.01. The van der Waals surface area contributed by atoms with Crippen molar-refractivity contribution in [1.29, 1.82) is 0 Å². The fourth-order valence-corrected chi connectivity index (χ4v) is 1.14. The summed E-state index contributed by atoms with van der Waals surface area (Å²) >= 11 is 4.36.